The van der Waals surface area contributed by atoms with E-state index in [1.807, 2.05) is 6.92 Å². The van der Waals surface area contributed by atoms with Crippen LogP contribution in [0.25, 0.3) is 0 Å². The lowest BCUT2D eigenvalue weighted by molar-refractivity contribution is -0.139. The highest BCUT2D eigenvalue weighted by Gasteiger charge is 2.30. The molecule has 1 aliphatic heterocycles. The van der Waals surface area contributed by atoms with Gasteiger partial charge in [0.15, 0.2) is 0 Å². The van der Waals surface area contributed by atoms with E-state index in [2.05, 4.69) is 4.90 Å². The smallest absolute Gasteiger partial charge is 0.304 e. The van der Waals surface area contributed by atoms with Gasteiger partial charge in [-0.3, -0.25) is 9.69 Å². The average molecular weight is 279 g/mol. The van der Waals surface area contributed by atoms with Gasteiger partial charge in [-0.25, -0.2) is 0 Å². The van der Waals surface area contributed by atoms with Crippen molar-refractivity contribution in [2.75, 3.05) is 6.54 Å². The minimum atomic E-state index is -0.797. The van der Waals surface area contributed by atoms with Crippen molar-refractivity contribution in [3.8, 4) is 11.5 Å². The summed E-state index contributed by atoms with van der Waals surface area (Å²) in [6, 6.07) is 4.32. The van der Waals surface area contributed by atoms with Gasteiger partial charge in [-0.2, -0.15) is 0 Å². The molecular formula is C15H21NO4. The second-order valence-electron chi connectivity index (χ2n) is 5.40. The SMILES string of the molecule is CC(c1cc(O)ccc1O)N1CCCCC1CC(=O)O. The van der Waals surface area contributed by atoms with E-state index in [-0.39, 0.29) is 30.0 Å². The molecule has 1 heterocycles. The van der Waals surface area contributed by atoms with Crippen molar-refractivity contribution in [2.45, 2.75) is 44.7 Å². The van der Waals surface area contributed by atoms with Crippen molar-refractivity contribution in [3.63, 3.8) is 0 Å². The quantitative estimate of drug-likeness (QED) is 0.738. The molecule has 2 atom stereocenters. The molecule has 5 nitrogen and oxygen atoms in total. The maximum atomic E-state index is 11.0. The molecule has 1 aromatic carbocycles. The van der Waals surface area contributed by atoms with Crippen molar-refractivity contribution in [3.05, 3.63) is 23.8 Å². The summed E-state index contributed by atoms with van der Waals surface area (Å²) in [5, 5.41) is 28.5. The predicted octanol–water partition coefficient (Wildman–Crippen LogP) is 2.49. The fourth-order valence-electron chi connectivity index (χ4n) is 3.01. The van der Waals surface area contributed by atoms with Crippen molar-refractivity contribution in [1.29, 1.82) is 0 Å². The zero-order chi connectivity index (χ0) is 14.7. The van der Waals surface area contributed by atoms with Crippen LogP contribution in [0.5, 0.6) is 11.5 Å². The van der Waals surface area contributed by atoms with E-state index < -0.39 is 5.97 Å². The van der Waals surface area contributed by atoms with E-state index in [0.29, 0.717) is 5.56 Å². The maximum absolute atomic E-state index is 11.0. The van der Waals surface area contributed by atoms with Crippen molar-refractivity contribution in [1.82, 2.24) is 4.90 Å². The molecule has 0 radical (unpaired) electrons. The van der Waals surface area contributed by atoms with Crippen LogP contribution < -0.4 is 0 Å². The van der Waals surface area contributed by atoms with Crippen LogP contribution >= 0.6 is 0 Å². The third kappa shape index (κ3) is 3.22. The fourth-order valence-corrected chi connectivity index (χ4v) is 3.01. The number of carboxylic acids is 1. The van der Waals surface area contributed by atoms with Gasteiger partial charge in [0, 0.05) is 17.6 Å². The van der Waals surface area contributed by atoms with Crippen LogP contribution in [-0.2, 0) is 4.79 Å². The molecule has 0 aromatic heterocycles. The summed E-state index contributed by atoms with van der Waals surface area (Å²) in [5.41, 5.74) is 0.641. The number of hydrogen-bond donors (Lipinski definition) is 3. The number of piperidine rings is 1. The van der Waals surface area contributed by atoms with Crippen LogP contribution in [0.15, 0.2) is 18.2 Å². The number of rotatable bonds is 4. The zero-order valence-electron chi connectivity index (χ0n) is 11.6. The Bertz CT molecular complexity index is 489. The third-order valence-electron chi connectivity index (χ3n) is 4.04. The lowest BCUT2D eigenvalue weighted by atomic mass is 9.94. The lowest BCUT2D eigenvalue weighted by Crippen LogP contribution is -2.42. The van der Waals surface area contributed by atoms with Crippen LogP contribution in [0.3, 0.4) is 0 Å². The van der Waals surface area contributed by atoms with Gasteiger partial charge in [0.1, 0.15) is 11.5 Å². The monoisotopic (exact) mass is 279 g/mol. The highest BCUT2D eigenvalue weighted by atomic mass is 16.4. The molecule has 110 valence electrons. The molecule has 0 aliphatic carbocycles. The van der Waals surface area contributed by atoms with Gasteiger partial charge >= 0.3 is 5.97 Å². The van der Waals surface area contributed by atoms with Crippen molar-refractivity contribution >= 4 is 5.97 Å². The summed E-state index contributed by atoms with van der Waals surface area (Å²) in [4.78, 5) is 13.1. The van der Waals surface area contributed by atoms with E-state index in [0.717, 1.165) is 25.8 Å². The lowest BCUT2D eigenvalue weighted by Gasteiger charge is -2.39. The first-order chi connectivity index (χ1) is 9.49. The second-order valence-corrected chi connectivity index (χ2v) is 5.40. The minimum absolute atomic E-state index is 0.0157. The third-order valence-corrected chi connectivity index (χ3v) is 4.04. The molecule has 1 saturated heterocycles. The van der Waals surface area contributed by atoms with Crippen LogP contribution in [0.1, 0.15) is 44.2 Å². The molecule has 1 aliphatic rings. The zero-order valence-corrected chi connectivity index (χ0v) is 11.6. The first-order valence-corrected chi connectivity index (χ1v) is 6.98. The highest BCUT2D eigenvalue weighted by Crippen LogP contribution is 2.35. The van der Waals surface area contributed by atoms with Crippen LogP contribution in [0.4, 0.5) is 0 Å². The highest BCUT2D eigenvalue weighted by molar-refractivity contribution is 5.67. The van der Waals surface area contributed by atoms with Gasteiger partial charge in [0.05, 0.1) is 6.42 Å². The second kappa shape index (κ2) is 6.13. The van der Waals surface area contributed by atoms with Crippen molar-refractivity contribution in [2.24, 2.45) is 0 Å². The number of carbonyl (C=O) groups is 1. The van der Waals surface area contributed by atoms with Crippen LogP contribution in [-0.4, -0.2) is 38.8 Å². The molecule has 20 heavy (non-hydrogen) atoms. The molecule has 0 amide bonds. The predicted molar refractivity (Wildman–Crippen MR) is 74.8 cm³/mol. The van der Waals surface area contributed by atoms with Gasteiger partial charge < -0.3 is 15.3 Å². The van der Waals surface area contributed by atoms with Gasteiger partial charge in [-0.1, -0.05) is 6.42 Å². The first-order valence-electron chi connectivity index (χ1n) is 6.98. The molecular weight excluding hydrogens is 258 g/mol. The Kier molecular flexibility index (Phi) is 4.49. The Balaban J connectivity index is 2.22. The minimum Gasteiger partial charge on any atom is -0.508 e. The summed E-state index contributed by atoms with van der Waals surface area (Å²) in [5.74, 6) is -0.555. The maximum Gasteiger partial charge on any atom is 0.304 e. The molecule has 1 aromatic rings. The number of hydrogen-bond acceptors (Lipinski definition) is 4. The summed E-state index contributed by atoms with van der Waals surface area (Å²) >= 11 is 0. The molecule has 0 bridgehead atoms. The number of aromatic hydroxyl groups is 2. The number of carboxylic acid groups (broad SMARTS) is 1. The molecule has 2 unspecified atom stereocenters. The summed E-state index contributed by atoms with van der Waals surface area (Å²) < 4.78 is 0. The number of likely N-dealkylation sites (tertiary alicyclic amines) is 1. The number of aliphatic carboxylic acids is 1. The number of phenolic OH excluding ortho intramolecular Hbond substituents is 2. The normalized spacial score (nSPS) is 21.6. The molecule has 1 fully saturated rings. The number of benzene rings is 1. The summed E-state index contributed by atoms with van der Waals surface area (Å²) in [7, 11) is 0. The Hall–Kier alpha value is -1.75. The molecule has 3 N–H and O–H groups in total. The van der Waals surface area contributed by atoms with E-state index in [9.17, 15) is 15.0 Å². The Morgan fingerprint density at radius 2 is 2.15 bits per heavy atom. The largest absolute Gasteiger partial charge is 0.508 e. The molecule has 5 heteroatoms. The van der Waals surface area contributed by atoms with Crippen LogP contribution in [0.2, 0.25) is 0 Å². The van der Waals surface area contributed by atoms with Crippen LogP contribution in [0, 0.1) is 0 Å². The summed E-state index contributed by atoms with van der Waals surface area (Å²) in [6.07, 6.45) is 3.04. The van der Waals surface area contributed by atoms with Crippen molar-refractivity contribution < 1.29 is 20.1 Å². The number of phenols is 2. The molecule has 0 spiro atoms. The van der Waals surface area contributed by atoms with E-state index in [4.69, 9.17) is 5.11 Å². The fraction of sp³-hybridized carbons (Fsp3) is 0.533. The first kappa shape index (κ1) is 14.7. The van der Waals surface area contributed by atoms with Gasteiger partial charge in [0.25, 0.3) is 0 Å². The molecule has 0 saturated carbocycles. The van der Waals surface area contributed by atoms with Gasteiger partial charge in [-0.05, 0) is 44.5 Å². The molecule has 2 rings (SSSR count). The number of nitrogens with zero attached hydrogens (tertiary/aromatic N) is 1. The Labute approximate surface area is 118 Å². The van der Waals surface area contributed by atoms with Gasteiger partial charge in [-0.15, -0.1) is 0 Å². The van der Waals surface area contributed by atoms with E-state index in [1.54, 1.807) is 6.07 Å². The Morgan fingerprint density at radius 3 is 2.85 bits per heavy atom. The average Bonchev–Trinajstić information content (AvgIpc) is 2.41. The van der Waals surface area contributed by atoms with E-state index in [1.165, 1.54) is 12.1 Å². The topological polar surface area (TPSA) is 81.0 Å². The van der Waals surface area contributed by atoms with E-state index >= 15 is 0 Å². The Morgan fingerprint density at radius 1 is 1.40 bits per heavy atom. The summed E-state index contributed by atoms with van der Waals surface area (Å²) in [6.45, 7) is 2.75. The standard InChI is InChI=1S/C15H21NO4/c1-10(13-9-12(17)5-6-14(13)18)16-7-3-2-4-11(16)8-15(19)20/h5-6,9-11,17-18H,2-4,7-8H2,1H3,(H,19,20). The van der Waals surface area contributed by atoms with Gasteiger partial charge in [0.2, 0.25) is 0 Å².